The molecular weight excluding hydrogens is 506 g/mol. The number of anilines is 1. The number of ether oxygens (including phenoxy) is 1. The third kappa shape index (κ3) is 6.98. The highest BCUT2D eigenvalue weighted by atomic mass is 32.2. The Morgan fingerprint density at radius 3 is 2.32 bits per heavy atom. The summed E-state index contributed by atoms with van der Waals surface area (Å²) < 4.78 is 30.2. The number of amidine groups is 1. The zero-order valence-corrected chi connectivity index (χ0v) is 22.2. The number of sulfone groups is 1. The van der Waals surface area contributed by atoms with Gasteiger partial charge in [-0.1, -0.05) is 55.8 Å². The number of carbonyl (C=O) groups excluding carboxylic acids is 2. The van der Waals surface area contributed by atoms with Crippen LogP contribution in [0.2, 0.25) is 0 Å². The monoisotopic (exact) mass is 536 g/mol. The molecule has 0 spiro atoms. The van der Waals surface area contributed by atoms with Crippen molar-refractivity contribution >= 4 is 33.4 Å². The van der Waals surface area contributed by atoms with Crippen molar-refractivity contribution in [2.75, 3.05) is 18.1 Å². The van der Waals surface area contributed by atoms with Gasteiger partial charge in [0.2, 0.25) is 0 Å². The molecule has 10 heteroatoms. The highest BCUT2D eigenvalue weighted by Gasteiger charge is 2.21. The van der Waals surface area contributed by atoms with E-state index in [0.29, 0.717) is 41.0 Å². The van der Waals surface area contributed by atoms with Crippen molar-refractivity contribution in [2.24, 2.45) is 0 Å². The lowest BCUT2D eigenvalue weighted by atomic mass is 10.1. The van der Waals surface area contributed by atoms with Crippen LogP contribution in [0.15, 0.2) is 77.7 Å². The molecule has 0 heterocycles. The van der Waals surface area contributed by atoms with Gasteiger partial charge >= 0.3 is 0 Å². The van der Waals surface area contributed by atoms with Crippen molar-refractivity contribution in [2.45, 2.75) is 37.7 Å². The summed E-state index contributed by atoms with van der Waals surface area (Å²) in [4.78, 5) is 25.4. The number of carbonyl (C=O) groups is 2. The minimum absolute atomic E-state index is 0.0613. The van der Waals surface area contributed by atoms with Gasteiger partial charge in [0, 0.05) is 29.6 Å². The van der Waals surface area contributed by atoms with Crippen molar-refractivity contribution in [3.63, 3.8) is 0 Å². The molecule has 0 aromatic heterocycles. The van der Waals surface area contributed by atoms with Gasteiger partial charge in [0.25, 0.3) is 5.91 Å². The van der Waals surface area contributed by atoms with Gasteiger partial charge in [0.05, 0.1) is 4.90 Å². The normalized spacial score (nSPS) is 11.9. The molecule has 0 radical (unpaired) electrons. The summed E-state index contributed by atoms with van der Waals surface area (Å²) in [6, 6.07) is 19.9. The standard InChI is InChI=1S/C28H31N3O6S/c1-4-9-24(37-22-11-8-10-20(18-22)26(29)31(5-2)28(33)34)27(32)30-21-16-14-19(15-17-21)23-12-6-7-13-25(23)38(3,35)36/h6-8,10-18,24,29H,4-5,9H2,1-3H3,(H,30,32)(H,33,34)/p-1. The van der Waals surface area contributed by atoms with Crippen LogP contribution < -0.4 is 15.2 Å². The molecule has 1 atom stereocenters. The molecule has 0 saturated heterocycles. The average molecular weight is 537 g/mol. The van der Waals surface area contributed by atoms with Gasteiger partial charge in [-0.3, -0.25) is 10.2 Å². The summed E-state index contributed by atoms with van der Waals surface area (Å²) in [5.41, 5.74) is 2.10. The van der Waals surface area contributed by atoms with E-state index in [1.54, 1.807) is 73.7 Å². The van der Waals surface area contributed by atoms with Crippen molar-refractivity contribution < 1.29 is 27.9 Å². The van der Waals surface area contributed by atoms with E-state index in [4.69, 9.17) is 10.1 Å². The van der Waals surface area contributed by atoms with Gasteiger partial charge < -0.3 is 24.9 Å². The molecule has 1 unspecified atom stereocenters. The molecule has 3 aromatic carbocycles. The lowest BCUT2D eigenvalue weighted by Crippen LogP contribution is -2.44. The maximum atomic E-state index is 13.1. The molecule has 0 aliphatic heterocycles. The summed E-state index contributed by atoms with van der Waals surface area (Å²) in [5.74, 6) is -0.295. The molecule has 38 heavy (non-hydrogen) atoms. The molecule has 2 N–H and O–H groups in total. The van der Waals surface area contributed by atoms with Gasteiger partial charge in [-0.25, -0.2) is 8.42 Å². The van der Waals surface area contributed by atoms with Crippen molar-refractivity contribution in [3.05, 3.63) is 78.4 Å². The smallest absolute Gasteiger partial charge is 0.265 e. The van der Waals surface area contributed by atoms with Crippen LogP contribution in [0.4, 0.5) is 10.5 Å². The average Bonchev–Trinajstić information content (AvgIpc) is 2.88. The van der Waals surface area contributed by atoms with Crippen LogP contribution in [0.3, 0.4) is 0 Å². The van der Waals surface area contributed by atoms with Crippen LogP contribution in [0.1, 0.15) is 32.3 Å². The number of amides is 2. The zero-order valence-electron chi connectivity index (χ0n) is 21.4. The van der Waals surface area contributed by atoms with Crippen molar-refractivity contribution in [3.8, 4) is 16.9 Å². The van der Waals surface area contributed by atoms with Crippen LogP contribution >= 0.6 is 0 Å². The second kappa shape index (κ2) is 12.4. The van der Waals surface area contributed by atoms with Crippen LogP contribution in [-0.4, -0.2) is 50.1 Å². The highest BCUT2D eigenvalue weighted by Crippen LogP contribution is 2.28. The first-order valence-corrected chi connectivity index (χ1v) is 14.0. The Labute approximate surface area is 222 Å². The van der Waals surface area contributed by atoms with E-state index in [2.05, 4.69) is 5.32 Å². The Morgan fingerprint density at radius 2 is 1.71 bits per heavy atom. The van der Waals surface area contributed by atoms with Gasteiger partial charge in [0.1, 0.15) is 17.7 Å². The maximum absolute atomic E-state index is 13.1. The predicted octanol–water partition coefficient (Wildman–Crippen LogP) is 3.93. The first-order chi connectivity index (χ1) is 18.0. The largest absolute Gasteiger partial charge is 0.530 e. The Morgan fingerprint density at radius 1 is 1.03 bits per heavy atom. The highest BCUT2D eigenvalue weighted by molar-refractivity contribution is 7.90. The SMILES string of the molecule is CCCC(Oc1cccc(C(=N)N(CC)C(=O)[O-])c1)C(=O)Nc1ccc(-c2ccccc2S(C)(=O)=O)cc1. The van der Waals surface area contributed by atoms with E-state index in [-0.39, 0.29) is 23.2 Å². The first kappa shape index (κ1) is 28.4. The quantitative estimate of drug-likeness (QED) is 0.297. The topological polar surface area (TPSA) is 140 Å². The van der Waals surface area contributed by atoms with E-state index >= 15 is 0 Å². The van der Waals surface area contributed by atoms with Crippen LogP contribution in [0.25, 0.3) is 11.1 Å². The second-order valence-electron chi connectivity index (χ2n) is 8.62. The lowest BCUT2D eigenvalue weighted by molar-refractivity contribution is -0.260. The summed E-state index contributed by atoms with van der Waals surface area (Å²) in [5, 5.41) is 22.3. The first-order valence-electron chi connectivity index (χ1n) is 12.1. The van der Waals surface area contributed by atoms with E-state index in [1.165, 1.54) is 6.07 Å². The minimum Gasteiger partial charge on any atom is -0.530 e. The van der Waals surface area contributed by atoms with E-state index in [9.17, 15) is 23.1 Å². The number of hydrogen-bond donors (Lipinski definition) is 2. The molecule has 3 rings (SSSR count). The fourth-order valence-corrected chi connectivity index (χ4v) is 4.82. The summed E-state index contributed by atoms with van der Waals surface area (Å²) in [6.45, 7) is 3.58. The Bertz CT molecular complexity index is 1420. The maximum Gasteiger partial charge on any atom is 0.265 e. The lowest BCUT2D eigenvalue weighted by Gasteiger charge is -2.24. The van der Waals surface area contributed by atoms with E-state index < -0.39 is 22.0 Å². The second-order valence-corrected chi connectivity index (χ2v) is 10.6. The van der Waals surface area contributed by atoms with Crippen LogP contribution in [0.5, 0.6) is 5.75 Å². The molecule has 0 bridgehead atoms. The summed E-state index contributed by atoms with van der Waals surface area (Å²) in [6.07, 6.45) is -0.0524. The molecule has 0 fully saturated rings. The fourth-order valence-electron chi connectivity index (χ4n) is 3.91. The Kier molecular flexibility index (Phi) is 9.25. The van der Waals surface area contributed by atoms with Gasteiger partial charge in [-0.2, -0.15) is 0 Å². The number of hydrogen-bond acceptors (Lipinski definition) is 7. The van der Waals surface area contributed by atoms with Crippen LogP contribution in [0, 0.1) is 5.41 Å². The minimum atomic E-state index is -3.41. The number of nitrogens with zero attached hydrogens (tertiary/aromatic N) is 1. The third-order valence-electron chi connectivity index (χ3n) is 5.79. The van der Waals surface area contributed by atoms with Crippen molar-refractivity contribution in [1.29, 1.82) is 5.41 Å². The molecule has 0 saturated carbocycles. The van der Waals surface area contributed by atoms with Gasteiger partial charge in [-0.15, -0.1) is 0 Å². The molecule has 200 valence electrons. The summed E-state index contributed by atoms with van der Waals surface area (Å²) in [7, 11) is -3.41. The third-order valence-corrected chi connectivity index (χ3v) is 6.94. The van der Waals surface area contributed by atoms with Gasteiger partial charge in [-0.05, 0) is 49.2 Å². The number of benzene rings is 3. The van der Waals surface area contributed by atoms with Gasteiger partial charge in [0.15, 0.2) is 15.9 Å². The van der Waals surface area contributed by atoms with Crippen LogP contribution in [-0.2, 0) is 14.6 Å². The number of carboxylic acid groups (broad SMARTS) is 1. The fraction of sp³-hybridized carbons (Fsp3) is 0.250. The van der Waals surface area contributed by atoms with Crippen molar-refractivity contribution in [1.82, 2.24) is 4.90 Å². The molecule has 0 aliphatic rings. The molecular formula is C28H30N3O6S-. The number of nitrogens with one attached hydrogen (secondary N) is 2. The molecule has 0 aliphatic carbocycles. The van der Waals surface area contributed by atoms with E-state index in [0.717, 1.165) is 11.2 Å². The molecule has 3 aromatic rings. The number of rotatable bonds is 10. The molecule has 9 nitrogen and oxygen atoms in total. The zero-order chi connectivity index (χ0) is 27.9. The summed E-state index contributed by atoms with van der Waals surface area (Å²) >= 11 is 0. The Balaban J connectivity index is 1.76. The Hall–Kier alpha value is -4.18. The predicted molar refractivity (Wildman–Crippen MR) is 144 cm³/mol. The van der Waals surface area contributed by atoms with E-state index in [1.807, 2.05) is 6.92 Å². The molecule has 2 amide bonds.